The highest BCUT2D eigenvalue weighted by Gasteiger charge is 2.27. The van der Waals surface area contributed by atoms with E-state index >= 15 is 0 Å². The van der Waals surface area contributed by atoms with Crippen molar-refractivity contribution >= 4 is 22.5 Å². The van der Waals surface area contributed by atoms with Gasteiger partial charge in [-0.1, -0.05) is 26.8 Å². The van der Waals surface area contributed by atoms with Crippen molar-refractivity contribution in [3.05, 3.63) is 36.5 Å². The van der Waals surface area contributed by atoms with Crippen molar-refractivity contribution < 1.29 is 4.79 Å². The van der Waals surface area contributed by atoms with E-state index < -0.39 is 6.04 Å². The van der Waals surface area contributed by atoms with Gasteiger partial charge in [-0.2, -0.15) is 0 Å². The second kappa shape index (κ2) is 4.97. The van der Waals surface area contributed by atoms with Gasteiger partial charge in [-0.25, -0.2) is 0 Å². The van der Waals surface area contributed by atoms with E-state index in [0.717, 1.165) is 16.6 Å². The molecular weight excluding hydrogens is 238 g/mol. The van der Waals surface area contributed by atoms with Crippen molar-refractivity contribution in [1.82, 2.24) is 4.98 Å². The minimum atomic E-state index is -0.556. The number of benzene rings is 1. The monoisotopic (exact) mass is 257 g/mol. The van der Waals surface area contributed by atoms with Crippen LogP contribution >= 0.6 is 0 Å². The summed E-state index contributed by atoms with van der Waals surface area (Å²) in [6.45, 7) is 5.84. The molecule has 2 rings (SSSR count). The minimum absolute atomic E-state index is 0.177. The number of carbonyl (C=O) groups is 1. The van der Waals surface area contributed by atoms with Gasteiger partial charge in [0, 0.05) is 11.6 Å². The third kappa shape index (κ3) is 2.90. The molecule has 1 aromatic heterocycles. The summed E-state index contributed by atoms with van der Waals surface area (Å²) in [4.78, 5) is 16.4. The maximum Gasteiger partial charge on any atom is 0.241 e. The number of nitrogens with two attached hydrogens (primary N) is 1. The Morgan fingerprint density at radius 3 is 2.68 bits per heavy atom. The summed E-state index contributed by atoms with van der Waals surface area (Å²) >= 11 is 0. The summed E-state index contributed by atoms with van der Waals surface area (Å²) in [7, 11) is 0. The molecule has 0 unspecified atom stereocenters. The highest BCUT2D eigenvalue weighted by molar-refractivity contribution is 6.03. The topological polar surface area (TPSA) is 68.0 Å². The van der Waals surface area contributed by atoms with Crippen LogP contribution in [0.4, 0.5) is 5.69 Å². The number of fused-ring (bicyclic) bond motifs is 1. The Kier molecular flexibility index (Phi) is 3.53. The summed E-state index contributed by atoms with van der Waals surface area (Å²) in [5.74, 6) is -0.177. The van der Waals surface area contributed by atoms with Gasteiger partial charge in [0.25, 0.3) is 0 Å². The van der Waals surface area contributed by atoms with Gasteiger partial charge < -0.3 is 11.1 Å². The Labute approximate surface area is 113 Å². The number of carbonyl (C=O) groups excluding carboxylic acids is 1. The van der Waals surface area contributed by atoms with E-state index in [1.165, 1.54) is 0 Å². The molecule has 2 aromatic rings. The van der Waals surface area contributed by atoms with Crippen LogP contribution in [-0.2, 0) is 4.79 Å². The Hall–Kier alpha value is -1.94. The quantitative estimate of drug-likeness (QED) is 0.868. The van der Waals surface area contributed by atoms with Gasteiger partial charge in [0.15, 0.2) is 0 Å². The smallest absolute Gasteiger partial charge is 0.241 e. The van der Waals surface area contributed by atoms with Crippen LogP contribution in [0.2, 0.25) is 0 Å². The molecule has 1 heterocycles. The van der Waals surface area contributed by atoms with Crippen LogP contribution in [0.3, 0.4) is 0 Å². The minimum Gasteiger partial charge on any atom is -0.324 e. The lowest BCUT2D eigenvalue weighted by Crippen LogP contribution is -2.45. The predicted octanol–water partition coefficient (Wildman–Crippen LogP) is 2.55. The van der Waals surface area contributed by atoms with Gasteiger partial charge >= 0.3 is 0 Å². The maximum atomic E-state index is 12.1. The third-order valence-electron chi connectivity index (χ3n) is 3.12. The average molecular weight is 257 g/mol. The fourth-order valence-electron chi connectivity index (χ4n) is 1.82. The van der Waals surface area contributed by atoms with E-state index in [-0.39, 0.29) is 11.3 Å². The number of anilines is 1. The highest BCUT2D eigenvalue weighted by atomic mass is 16.2. The molecule has 0 spiro atoms. The highest BCUT2D eigenvalue weighted by Crippen LogP contribution is 2.23. The van der Waals surface area contributed by atoms with Gasteiger partial charge in [0.2, 0.25) is 5.91 Å². The number of hydrogen-bond acceptors (Lipinski definition) is 3. The molecule has 1 amide bonds. The predicted molar refractivity (Wildman–Crippen MR) is 77.8 cm³/mol. The van der Waals surface area contributed by atoms with Crippen LogP contribution in [0.25, 0.3) is 10.9 Å². The van der Waals surface area contributed by atoms with Crippen LogP contribution in [-0.4, -0.2) is 16.9 Å². The molecule has 0 bridgehead atoms. The Balaban J connectivity index is 2.29. The van der Waals surface area contributed by atoms with Crippen molar-refractivity contribution in [1.29, 1.82) is 0 Å². The summed E-state index contributed by atoms with van der Waals surface area (Å²) < 4.78 is 0. The fourth-order valence-corrected chi connectivity index (χ4v) is 1.82. The average Bonchev–Trinajstić information content (AvgIpc) is 2.37. The van der Waals surface area contributed by atoms with Gasteiger partial charge in [0.1, 0.15) is 0 Å². The molecule has 0 aliphatic heterocycles. The lowest BCUT2D eigenvalue weighted by Gasteiger charge is -2.26. The Bertz CT molecular complexity index is 596. The molecule has 1 aromatic carbocycles. The Morgan fingerprint density at radius 1 is 1.26 bits per heavy atom. The normalized spacial score (nSPS) is 13.3. The first-order chi connectivity index (χ1) is 8.89. The second-order valence-corrected chi connectivity index (χ2v) is 5.71. The summed E-state index contributed by atoms with van der Waals surface area (Å²) in [5.41, 5.74) is 7.28. The van der Waals surface area contributed by atoms with Gasteiger partial charge in [-0.3, -0.25) is 9.78 Å². The van der Waals surface area contributed by atoms with E-state index in [4.69, 9.17) is 5.73 Å². The van der Waals surface area contributed by atoms with Crippen LogP contribution in [0.15, 0.2) is 36.5 Å². The molecule has 4 nitrogen and oxygen atoms in total. The van der Waals surface area contributed by atoms with E-state index in [0.29, 0.717) is 0 Å². The van der Waals surface area contributed by atoms with Crippen molar-refractivity contribution in [2.75, 3.05) is 5.32 Å². The standard InChI is InChI=1S/C15H19N3O/c1-15(2,3)13(16)14(19)18-12-8-4-7-11-10(12)6-5-9-17-11/h4-9,13H,16H2,1-3H3,(H,18,19)/t13-/m0/s1. The fraction of sp³-hybridized carbons (Fsp3) is 0.333. The molecule has 0 saturated carbocycles. The zero-order valence-corrected chi connectivity index (χ0v) is 11.5. The second-order valence-electron chi connectivity index (χ2n) is 5.71. The van der Waals surface area contributed by atoms with E-state index in [1.807, 2.05) is 51.1 Å². The number of pyridine rings is 1. The first kappa shape index (κ1) is 13.5. The molecular formula is C15H19N3O. The third-order valence-corrected chi connectivity index (χ3v) is 3.12. The number of nitrogens with one attached hydrogen (secondary N) is 1. The van der Waals surface area contributed by atoms with E-state index in [9.17, 15) is 4.79 Å². The van der Waals surface area contributed by atoms with E-state index in [2.05, 4.69) is 10.3 Å². The lowest BCUT2D eigenvalue weighted by atomic mass is 9.87. The van der Waals surface area contributed by atoms with Crippen LogP contribution in [0, 0.1) is 5.41 Å². The SMILES string of the molecule is CC(C)(C)[C@@H](N)C(=O)Nc1cccc2ncccc12. The molecule has 1 atom stereocenters. The molecule has 0 saturated heterocycles. The summed E-state index contributed by atoms with van der Waals surface area (Å²) in [6, 6.07) is 8.86. The van der Waals surface area contributed by atoms with E-state index in [1.54, 1.807) is 6.20 Å². The van der Waals surface area contributed by atoms with Crippen molar-refractivity contribution in [2.45, 2.75) is 26.8 Å². The van der Waals surface area contributed by atoms with Crippen molar-refractivity contribution in [3.8, 4) is 0 Å². The molecule has 0 aliphatic carbocycles. The summed E-state index contributed by atoms with van der Waals surface area (Å²) in [6.07, 6.45) is 1.73. The van der Waals surface area contributed by atoms with Crippen molar-refractivity contribution in [2.24, 2.45) is 11.1 Å². The zero-order valence-electron chi connectivity index (χ0n) is 11.5. The molecule has 0 aliphatic rings. The zero-order chi connectivity index (χ0) is 14.0. The molecule has 100 valence electrons. The van der Waals surface area contributed by atoms with Crippen LogP contribution in [0.1, 0.15) is 20.8 Å². The number of nitrogens with zero attached hydrogens (tertiary/aromatic N) is 1. The van der Waals surface area contributed by atoms with Gasteiger partial charge in [-0.15, -0.1) is 0 Å². The number of amides is 1. The Morgan fingerprint density at radius 2 is 2.00 bits per heavy atom. The maximum absolute atomic E-state index is 12.1. The van der Waals surface area contributed by atoms with Crippen LogP contribution in [0.5, 0.6) is 0 Å². The van der Waals surface area contributed by atoms with Gasteiger partial charge in [-0.05, 0) is 29.7 Å². The molecule has 3 N–H and O–H groups in total. The van der Waals surface area contributed by atoms with Gasteiger partial charge in [0.05, 0.1) is 17.2 Å². The largest absolute Gasteiger partial charge is 0.324 e. The molecule has 0 fully saturated rings. The summed E-state index contributed by atoms with van der Waals surface area (Å²) in [5, 5.41) is 3.80. The first-order valence-electron chi connectivity index (χ1n) is 6.30. The van der Waals surface area contributed by atoms with Crippen molar-refractivity contribution in [3.63, 3.8) is 0 Å². The molecule has 0 radical (unpaired) electrons. The number of aromatic nitrogens is 1. The van der Waals surface area contributed by atoms with Crippen LogP contribution < -0.4 is 11.1 Å². The molecule has 19 heavy (non-hydrogen) atoms. The first-order valence-corrected chi connectivity index (χ1v) is 6.30. The number of hydrogen-bond donors (Lipinski definition) is 2. The lowest BCUT2D eigenvalue weighted by molar-refractivity contribution is -0.119. The molecule has 4 heteroatoms. The number of rotatable bonds is 2.